The molecular formula is C21H20N4OS. The third-order valence-corrected chi connectivity index (χ3v) is 5.44. The number of rotatable bonds is 5. The Hall–Kier alpha value is -2.99. The van der Waals surface area contributed by atoms with E-state index in [2.05, 4.69) is 17.3 Å². The number of aromatic nitrogens is 3. The second-order valence-corrected chi connectivity index (χ2v) is 7.41. The number of aryl methyl sites for hydroxylation is 2. The lowest BCUT2D eigenvalue weighted by Crippen LogP contribution is -2.24. The smallest absolute Gasteiger partial charge is 0.251 e. The highest BCUT2D eigenvalue weighted by Crippen LogP contribution is 2.27. The maximum Gasteiger partial charge on any atom is 0.251 e. The van der Waals surface area contributed by atoms with Gasteiger partial charge in [-0.15, -0.1) is 0 Å². The molecule has 5 nitrogen and oxygen atoms in total. The number of benzene rings is 2. The molecule has 1 amide bonds. The van der Waals surface area contributed by atoms with Gasteiger partial charge >= 0.3 is 0 Å². The zero-order valence-corrected chi connectivity index (χ0v) is 16.1. The van der Waals surface area contributed by atoms with Crippen LogP contribution in [0.2, 0.25) is 0 Å². The first kappa shape index (κ1) is 17.4. The van der Waals surface area contributed by atoms with Crippen molar-refractivity contribution >= 4 is 22.2 Å². The number of hydrogen-bond donors (Lipinski definition) is 1. The van der Waals surface area contributed by atoms with Crippen molar-refractivity contribution in [2.24, 2.45) is 0 Å². The van der Waals surface area contributed by atoms with E-state index in [1.807, 2.05) is 66.0 Å². The third kappa shape index (κ3) is 3.48. The molecule has 0 bridgehead atoms. The van der Waals surface area contributed by atoms with Crippen LogP contribution in [-0.2, 0) is 13.0 Å². The molecule has 0 spiro atoms. The Morgan fingerprint density at radius 3 is 2.70 bits per heavy atom. The maximum absolute atomic E-state index is 12.6. The maximum atomic E-state index is 12.6. The van der Waals surface area contributed by atoms with Gasteiger partial charge in [-0.3, -0.25) is 4.79 Å². The van der Waals surface area contributed by atoms with Crippen molar-refractivity contribution in [1.82, 2.24) is 19.9 Å². The first-order valence-corrected chi connectivity index (χ1v) is 9.75. The predicted octanol–water partition coefficient (Wildman–Crippen LogP) is 4.26. The molecule has 0 aliphatic heterocycles. The van der Waals surface area contributed by atoms with Crippen LogP contribution in [0.1, 0.15) is 33.5 Å². The average molecular weight is 376 g/mol. The van der Waals surface area contributed by atoms with Gasteiger partial charge in [0.1, 0.15) is 5.01 Å². The molecule has 2 heterocycles. The van der Waals surface area contributed by atoms with Gasteiger partial charge in [0.25, 0.3) is 5.91 Å². The van der Waals surface area contributed by atoms with E-state index in [1.165, 1.54) is 0 Å². The third-order valence-electron chi connectivity index (χ3n) is 4.38. The van der Waals surface area contributed by atoms with Crippen LogP contribution in [0.3, 0.4) is 0 Å². The summed E-state index contributed by atoms with van der Waals surface area (Å²) in [5.74, 6) is -0.0985. The molecule has 0 saturated heterocycles. The van der Waals surface area contributed by atoms with Crippen molar-refractivity contribution in [3.8, 4) is 11.3 Å². The lowest BCUT2D eigenvalue weighted by Gasteiger charge is -2.07. The quantitative estimate of drug-likeness (QED) is 0.566. The Balaban J connectivity index is 1.68. The number of nitrogens with one attached hydrogen (secondary N) is 1. The van der Waals surface area contributed by atoms with Crippen LogP contribution in [0, 0.1) is 6.92 Å². The number of carbonyl (C=O) groups excluding carboxylic acids is 1. The molecule has 4 rings (SSSR count). The SMILES string of the molecule is CCc1nn2c(CNC(=O)c3cccc(C)c3)c(-c3ccccc3)nc2s1. The fraction of sp³-hybridized carbons (Fsp3) is 0.190. The highest BCUT2D eigenvalue weighted by Gasteiger charge is 2.18. The van der Waals surface area contributed by atoms with Gasteiger partial charge in [-0.1, -0.05) is 66.3 Å². The van der Waals surface area contributed by atoms with Gasteiger partial charge in [0, 0.05) is 11.1 Å². The molecule has 1 N–H and O–H groups in total. The van der Waals surface area contributed by atoms with E-state index in [4.69, 9.17) is 4.98 Å². The minimum absolute atomic E-state index is 0.0985. The normalized spacial score (nSPS) is 11.0. The van der Waals surface area contributed by atoms with Gasteiger partial charge in [-0.05, 0) is 25.5 Å². The van der Waals surface area contributed by atoms with Crippen molar-refractivity contribution in [1.29, 1.82) is 0 Å². The average Bonchev–Trinajstić information content (AvgIpc) is 3.24. The lowest BCUT2D eigenvalue weighted by atomic mass is 10.1. The van der Waals surface area contributed by atoms with Crippen molar-refractivity contribution < 1.29 is 4.79 Å². The molecule has 0 unspecified atom stereocenters. The van der Waals surface area contributed by atoms with Gasteiger partial charge in [0.2, 0.25) is 4.96 Å². The number of carbonyl (C=O) groups is 1. The molecule has 0 aliphatic rings. The number of nitrogens with zero attached hydrogens (tertiary/aromatic N) is 3. The molecular weight excluding hydrogens is 356 g/mol. The highest BCUT2D eigenvalue weighted by molar-refractivity contribution is 7.16. The van der Waals surface area contributed by atoms with Crippen LogP contribution in [0.4, 0.5) is 0 Å². The van der Waals surface area contributed by atoms with Crippen LogP contribution in [-0.4, -0.2) is 20.5 Å². The molecule has 2 aromatic heterocycles. The molecule has 2 aromatic carbocycles. The van der Waals surface area contributed by atoms with Crippen molar-refractivity contribution in [2.45, 2.75) is 26.8 Å². The fourth-order valence-corrected chi connectivity index (χ4v) is 3.86. The summed E-state index contributed by atoms with van der Waals surface area (Å²) in [5, 5.41) is 8.72. The number of amides is 1. The fourth-order valence-electron chi connectivity index (χ4n) is 3.01. The van der Waals surface area contributed by atoms with E-state index in [1.54, 1.807) is 11.3 Å². The molecule has 0 saturated carbocycles. The van der Waals surface area contributed by atoms with E-state index in [0.29, 0.717) is 12.1 Å². The van der Waals surface area contributed by atoms with Crippen LogP contribution in [0.15, 0.2) is 54.6 Å². The number of hydrogen-bond acceptors (Lipinski definition) is 4. The Kier molecular flexibility index (Phi) is 4.73. The second-order valence-electron chi connectivity index (χ2n) is 6.37. The summed E-state index contributed by atoms with van der Waals surface area (Å²) in [6, 6.07) is 17.6. The minimum Gasteiger partial charge on any atom is -0.346 e. The first-order chi connectivity index (χ1) is 13.2. The Morgan fingerprint density at radius 1 is 1.15 bits per heavy atom. The number of fused-ring (bicyclic) bond motifs is 1. The zero-order chi connectivity index (χ0) is 18.8. The summed E-state index contributed by atoms with van der Waals surface area (Å²) in [6.45, 7) is 4.42. The summed E-state index contributed by atoms with van der Waals surface area (Å²) < 4.78 is 1.86. The van der Waals surface area contributed by atoms with Crippen LogP contribution in [0.5, 0.6) is 0 Å². The topological polar surface area (TPSA) is 59.3 Å². The van der Waals surface area contributed by atoms with Gasteiger partial charge in [-0.25, -0.2) is 9.50 Å². The van der Waals surface area contributed by atoms with E-state index >= 15 is 0 Å². The van der Waals surface area contributed by atoms with E-state index in [-0.39, 0.29) is 5.91 Å². The summed E-state index contributed by atoms with van der Waals surface area (Å²) >= 11 is 1.59. The molecule has 0 atom stereocenters. The Morgan fingerprint density at radius 2 is 1.96 bits per heavy atom. The molecule has 0 fully saturated rings. The summed E-state index contributed by atoms with van der Waals surface area (Å²) in [5.41, 5.74) is 4.50. The molecule has 6 heteroatoms. The van der Waals surface area contributed by atoms with Crippen molar-refractivity contribution in [3.63, 3.8) is 0 Å². The predicted molar refractivity (Wildman–Crippen MR) is 108 cm³/mol. The molecule has 0 aliphatic carbocycles. The van der Waals surface area contributed by atoms with E-state index in [0.717, 1.165) is 38.9 Å². The molecule has 0 radical (unpaired) electrons. The summed E-state index contributed by atoms with van der Waals surface area (Å²) in [7, 11) is 0. The van der Waals surface area contributed by atoms with E-state index in [9.17, 15) is 4.79 Å². The molecule has 4 aromatic rings. The Bertz CT molecular complexity index is 1100. The summed E-state index contributed by atoms with van der Waals surface area (Å²) in [6.07, 6.45) is 0.865. The van der Waals surface area contributed by atoms with Crippen molar-refractivity contribution in [3.05, 3.63) is 76.4 Å². The van der Waals surface area contributed by atoms with Crippen LogP contribution < -0.4 is 5.32 Å². The van der Waals surface area contributed by atoms with Gasteiger partial charge < -0.3 is 5.32 Å². The standard InChI is InChI=1S/C21H20N4OS/c1-3-18-24-25-17(13-22-20(26)16-11-7-8-14(2)12-16)19(23-21(25)27-18)15-9-5-4-6-10-15/h4-12H,3,13H2,1-2H3,(H,22,26). The Labute approximate surface area is 161 Å². The van der Waals surface area contributed by atoms with Crippen LogP contribution >= 0.6 is 11.3 Å². The highest BCUT2D eigenvalue weighted by atomic mass is 32.1. The second kappa shape index (κ2) is 7.32. The van der Waals surface area contributed by atoms with E-state index < -0.39 is 0 Å². The zero-order valence-electron chi connectivity index (χ0n) is 15.3. The molecule has 27 heavy (non-hydrogen) atoms. The number of imidazole rings is 1. The van der Waals surface area contributed by atoms with Gasteiger partial charge in [0.05, 0.1) is 17.9 Å². The van der Waals surface area contributed by atoms with Gasteiger partial charge in [0.15, 0.2) is 0 Å². The summed E-state index contributed by atoms with van der Waals surface area (Å²) in [4.78, 5) is 18.2. The first-order valence-electron chi connectivity index (χ1n) is 8.93. The largest absolute Gasteiger partial charge is 0.346 e. The minimum atomic E-state index is -0.0985. The van der Waals surface area contributed by atoms with Crippen molar-refractivity contribution in [2.75, 3.05) is 0 Å². The monoisotopic (exact) mass is 376 g/mol. The van der Waals surface area contributed by atoms with Gasteiger partial charge in [-0.2, -0.15) is 5.10 Å². The lowest BCUT2D eigenvalue weighted by molar-refractivity contribution is 0.0950. The molecule has 136 valence electrons. The van der Waals surface area contributed by atoms with Crippen LogP contribution in [0.25, 0.3) is 16.2 Å².